The van der Waals surface area contributed by atoms with Crippen LogP contribution in [0.3, 0.4) is 0 Å². The van der Waals surface area contributed by atoms with E-state index in [1.54, 1.807) is 36.2 Å². The number of hydrogen-bond acceptors (Lipinski definition) is 3. The summed E-state index contributed by atoms with van der Waals surface area (Å²) in [5.41, 5.74) is 0.471. The summed E-state index contributed by atoms with van der Waals surface area (Å²) in [5, 5.41) is 0.365. The second-order valence-corrected chi connectivity index (χ2v) is 5.56. The third-order valence-corrected chi connectivity index (χ3v) is 3.88. The molecule has 0 atom stereocenters. The average molecular weight is 296 g/mol. The zero-order valence-corrected chi connectivity index (χ0v) is 12.4. The largest absolute Gasteiger partial charge is 0.349 e. The van der Waals surface area contributed by atoms with Crippen LogP contribution in [0.2, 0.25) is 5.02 Å². The van der Waals surface area contributed by atoms with Crippen LogP contribution in [0, 0.1) is 5.92 Å². The third kappa shape index (κ3) is 3.10. The fourth-order valence-electron chi connectivity index (χ4n) is 2.41. The van der Waals surface area contributed by atoms with Crippen molar-refractivity contribution in [2.45, 2.75) is 12.8 Å². The minimum atomic E-state index is -0.0897. The monoisotopic (exact) mass is 295 g/mol. The lowest BCUT2D eigenvalue weighted by molar-refractivity contribution is -0.134. The summed E-state index contributed by atoms with van der Waals surface area (Å²) in [6, 6.07) is 1.63. The zero-order chi connectivity index (χ0) is 14.7. The maximum absolute atomic E-state index is 12.3. The summed E-state index contributed by atoms with van der Waals surface area (Å²) < 4.78 is 0. The molecule has 108 valence electrons. The number of likely N-dealkylation sites (tertiary alicyclic amines) is 1. The summed E-state index contributed by atoms with van der Waals surface area (Å²) in [5.74, 6) is 0.0640. The van der Waals surface area contributed by atoms with Gasteiger partial charge in [0.25, 0.3) is 5.91 Å². The van der Waals surface area contributed by atoms with E-state index in [9.17, 15) is 9.59 Å². The number of amides is 2. The predicted molar refractivity (Wildman–Crippen MR) is 76.6 cm³/mol. The second kappa shape index (κ2) is 6.22. The van der Waals surface area contributed by atoms with Gasteiger partial charge in [0, 0.05) is 45.5 Å². The van der Waals surface area contributed by atoms with Gasteiger partial charge in [-0.2, -0.15) is 0 Å². The van der Waals surface area contributed by atoms with E-state index < -0.39 is 0 Å². The van der Waals surface area contributed by atoms with Gasteiger partial charge in [0.15, 0.2) is 0 Å². The number of carbonyl (C=O) groups excluding carboxylic acids is 2. The third-order valence-electron chi connectivity index (χ3n) is 3.58. The Bertz CT molecular complexity index is 511. The Hall–Kier alpha value is -1.62. The highest BCUT2D eigenvalue weighted by molar-refractivity contribution is 6.33. The molecule has 0 aliphatic carbocycles. The van der Waals surface area contributed by atoms with Gasteiger partial charge in [0.1, 0.15) is 0 Å². The molecule has 0 saturated carbocycles. The highest BCUT2D eigenvalue weighted by Crippen LogP contribution is 2.22. The van der Waals surface area contributed by atoms with Crippen LogP contribution in [-0.2, 0) is 4.79 Å². The van der Waals surface area contributed by atoms with E-state index >= 15 is 0 Å². The molecule has 2 rings (SSSR count). The van der Waals surface area contributed by atoms with Crippen molar-refractivity contribution in [2.75, 3.05) is 27.2 Å². The maximum Gasteiger partial charge on any atom is 0.255 e. The molecule has 0 bridgehead atoms. The number of hydrogen-bond donors (Lipinski definition) is 0. The molecule has 1 aromatic heterocycles. The normalized spacial score (nSPS) is 16.1. The van der Waals surface area contributed by atoms with E-state index in [1.807, 2.05) is 0 Å². The average Bonchev–Trinajstić information content (AvgIpc) is 2.46. The number of nitrogens with zero attached hydrogens (tertiary/aromatic N) is 3. The van der Waals surface area contributed by atoms with Gasteiger partial charge in [-0.15, -0.1) is 0 Å². The molecule has 6 heteroatoms. The highest BCUT2D eigenvalue weighted by Gasteiger charge is 2.29. The van der Waals surface area contributed by atoms with Crippen molar-refractivity contribution in [2.24, 2.45) is 5.92 Å². The molecule has 1 aliphatic rings. The molecule has 2 heterocycles. The Morgan fingerprint density at radius 3 is 2.55 bits per heavy atom. The van der Waals surface area contributed by atoms with E-state index in [-0.39, 0.29) is 17.7 Å². The lowest BCUT2D eigenvalue weighted by atomic mass is 9.95. The lowest BCUT2D eigenvalue weighted by Crippen LogP contribution is -2.42. The maximum atomic E-state index is 12.3. The van der Waals surface area contributed by atoms with E-state index in [0.717, 1.165) is 0 Å². The molecule has 0 N–H and O–H groups in total. The molecule has 1 aromatic rings. The fourth-order valence-corrected chi connectivity index (χ4v) is 2.61. The van der Waals surface area contributed by atoms with Gasteiger partial charge in [0.2, 0.25) is 5.91 Å². The van der Waals surface area contributed by atoms with Crippen LogP contribution >= 0.6 is 11.6 Å². The first-order valence-corrected chi connectivity index (χ1v) is 6.98. The van der Waals surface area contributed by atoms with Crippen molar-refractivity contribution in [1.82, 2.24) is 14.8 Å². The van der Waals surface area contributed by atoms with E-state index in [0.29, 0.717) is 36.5 Å². The summed E-state index contributed by atoms with van der Waals surface area (Å²) >= 11 is 5.99. The lowest BCUT2D eigenvalue weighted by Gasteiger charge is -2.32. The standard InChI is InChI=1S/C14H18ClN3O2/c1-17(2)13(19)10-4-7-18(8-5-10)14(20)11-3-6-16-9-12(11)15/h3,6,9-10H,4-5,7-8H2,1-2H3. The van der Waals surface area contributed by atoms with Gasteiger partial charge in [-0.3, -0.25) is 14.6 Å². The molecular formula is C14H18ClN3O2. The first-order chi connectivity index (χ1) is 9.50. The van der Waals surface area contributed by atoms with Crippen molar-refractivity contribution in [1.29, 1.82) is 0 Å². The van der Waals surface area contributed by atoms with Gasteiger partial charge >= 0.3 is 0 Å². The van der Waals surface area contributed by atoms with Gasteiger partial charge in [0.05, 0.1) is 10.6 Å². The second-order valence-electron chi connectivity index (χ2n) is 5.15. The highest BCUT2D eigenvalue weighted by atomic mass is 35.5. The topological polar surface area (TPSA) is 53.5 Å². The molecule has 1 aliphatic heterocycles. The Balaban J connectivity index is 1.99. The molecule has 2 amide bonds. The minimum absolute atomic E-state index is 0.0157. The van der Waals surface area contributed by atoms with Crippen molar-refractivity contribution in [3.8, 4) is 0 Å². The smallest absolute Gasteiger partial charge is 0.255 e. The van der Waals surface area contributed by atoms with Crippen molar-refractivity contribution >= 4 is 23.4 Å². The Kier molecular flexibility index (Phi) is 4.60. The summed E-state index contributed by atoms with van der Waals surface area (Å²) in [4.78, 5) is 31.5. The number of piperidine rings is 1. The molecule has 20 heavy (non-hydrogen) atoms. The van der Waals surface area contributed by atoms with E-state index in [1.165, 1.54) is 6.20 Å². The molecule has 1 fully saturated rings. The molecule has 0 radical (unpaired) electrons. The molecular weight excluding hydrogens is 278 g/mol. The van der Waals surface area contributed by atoms with Crippen LogP contribution in [0.15, 0.2) is 18.5 Å². The first kappa shape index (κ1) is 14.8. The van der Waals surface area contributed by atoms with Gasteiger partial charge in [-0.25, -0.2) is 0 Å². The van der Waals surface area contributed by atoms with Crippen molar-refractivity contribution < 1.29 is 9.59 Å². The minimum Gasteiger partial charge on any atom is -0.349 e. The summed E-state index contributed by atoms with van der Waals surface area (Å²) in [6.07, 6.45) is 4.43. The van der Waals surface area contributed by atoms with Gasteiger partial charge in [-0.05, 0) is 18.9 Å². The van der Waals surface area contributed by atoms with Crippen LogP contribution in [0.1, 0.15) is 23.2 Å². The number of aromatic nitrogens is 1. The van der Waals surface area contributed by atoms with Crippen LogP contribution < -0.4 is 0 Å². The summed E-state index contributed by atoms with van der Waals surface area (Å²) in [7, 11) is 3.52. The van der Waals surface area contributed by atoms with Crippen LogP contribution in [0.25, 0.3) is 0 Å². The molecule has 0 spiro atoms. The summed E-state index contributed by atoms with van der Waals surface area (Å²) in [6.45, 7) is 1.17. The first-order valence-electron chi connectivity index (χ1n) is 6.60. The predicted octanol–water partition coefficient (Wildman–Crippen LogP) is 1.68. The molecule has 5 nitrogen and oxygen atoms in total. The Morgan fingerprint density at radius 2 is 2.00 bits per heavy atom. The number of halogens is 1. The van der Waals surface area contributed by atoms with E-state index in [2.05, 4.69) is 4.98 Å². The molecule has 0 unspecified atom stereocenters. The number of rotatable bonds is 2. The van der Waals surface area contributed by atoms with E-state index in [4.69, 9.17) is 11.6 Å². The SMILES string of the molecule is CN(C)C(=O)C1CCN(C(=O)c2ccncc2Cl)CC1. The number of carbonyl (C=O) groups is 2. The Morgan fingerprint density at radius 1 is 1.35 bits per heavy atom. The quantitative estimate of drug-likeness (QED) is 0.834. The molecule has 0 aromatic carbocycles. The molecule has 1 saturated heterocycles. The van der Waals surface area contributed by atoms with Crippen LogP contribution in [-0.4, -0.2) is 53.8 Å². The van der Waals surface area contributed by atoms with Crippen molar-refractivity contribution in [3.63, 3.8) is 0 Å². The van der Waals surface area contributed by atoms with Gasteiger partial charge < -0.3 is 9.80 Å². The number of pyridine rings is 1. The Labute approximate surface area is 123 Å². The van der Waals surface area contributed by atoms with Crippen molar-refractivity contribution in [3.05, 3.63) is 29.0 Å². The van der Waals surface area contributed by atoms with Crippen LogP contribution in [0.5, 0.6) is 0 Å². The fraction of sp³-hybridized carbons (Fsp3) is 0.500. The van der Waals surface area contributed by atoms with Crippen LogP contribution in [0.4, 0.5) is 0 Å². The van der Waals surface area contributed by atoms with Gasteiger partial charge in [-0.1, -0.05) is 11.6 Å². The zero-order valence-electron chi connectivity index (χ0n) is 11.7.